The molecule has 3 aromatic rings. The van der Waals surface area contributed by atoms with E-state index in [-0.39, 0.29) is 11.5 Å². The molecule has 1 saturated heterocycles. The van der Waals surface area contributed by atoms with E-state index in [1.165, 1.54) is 34.4 Å². The molecule has 0 unspecified atom stereocenters. The van der Waals surface area contributed by atoms with Gasteiger partial charge in [-0.15, -0.1) is 0 Å². The molecule has 0 radical (unpaired) electrons. The van der Waals surface area contributed by atoms with Gasteiger partial charge in [-0.25, -0.2) is 9.79 Å². The summed E-state index contributed by atoms with van der Waals surface area (Å²) < 4.78 is 2.23. The van der Waals surface area contributed by atoms with Crippen molar-refractivity contribution in [2.45, 2.75) is 27.2 Å². The zero-order valence-corrected chi connectivity index (χ0v) is 19.8. The third-order valence-electron chi connectivity index (χ3n) is 5.71. The molecule has 0 spiro atoms. The van der Waals surface area contributed by atoms with Crippen molar-refractivity contribution in [3.05, 3.63) is 87.6 Å². The summed E-state index contributed by atoms with van der Waals surface area (Å²) in [5.74, 6) is -1.10. The lowest BCUT2D eigenvalue weighted by Gasteiger charge is -2.14. The summed E-state index contributed by atoms with van der Waals surface area (Å²) in [5, 5.41) is 9.61. The van der Waals surface area contributed by atoms with Crippen molar-refractivity contribution in [3.8, 4) is 5.69 Å². The second kappa shape index (κ2) is 9.11. The van der Waals surface area contributed by atoms with Crippen molar-refractivity contribution in [2.24, 2.45) is 4.99 Å². The number of likely N-dealkylation sites (N-methyl/N-ethyl adjacent to an activating group) is 1. The molecule has 1 amide bonds. The molecule has 1 aliphatic heterocycles. The number of amidine groups is 1. The van der Waals surface area contributed by atoms with Gasteiger partial charge in [-0.2, -0.15) is 0 Å². The van der Waals surface area contributed by atoms with Gasteiger partial charge < -0.3 is 9.67 Å². The fourth-order valence-corrected chi connectivity index (χ4v) is 4.89. The average Bonchev–Trinajstić information content (AvgIpc) is 3.23. The Kier molecular flexibility index (Phi) is 6.24. The van der Waals surface area contributed by atoms with Gasteiger partial charge in [0.1, 0.15) is 0 Å². The first-order valence-corrected chi connectivity index (χ1v) is 11.5. The number of rotatable bonds is 5. The van der Waals surface area contributed by atoms with Gasteiger partial charge in [-0.05, 0) is 85.6 Å². The molecule has 0 atom stereocenters. The summed E-state index contributed by atoms with van der Waals surface area (Å²) in [6.45, 7) is 6.29. The molecule has 1 fully saturated rings. The molecule has 1 N–H and O–H groups in total. The summed E-state index contributed by atoms with van der Waals surface area (Å²) in [4.78, 5) is 30.6. The van der Waals surface area contributed by atoms with Crippen molar-refractivity contribution in [1.82, 2.24) is 9.47 Å². The van der Waals surface area contributed by atoms with E-state index >= 15 is 0 Å². The number of para-hydroxylation sites is 1. The number of aromatic carboxylic acids is 1. The van der Waals surface area contributed by atoms with E-state index in [2.05, 4.69) is 54.6 Å². The highest BCUT2D eigenvalue weighted by atomic mass is 32.2. The second-order valence-electron chi connectivity index (χ2n) is 7.87. The maximum Gasteiger partial charge on any atom is 0.335 e. The number of hydrogen-bond acceptors (Lipinski definition) is 4. The fraction of sp³-hybridized carbons (Fsp3) is 0.192. The summed E-state index contributed by atoms with van der Waals surface area (Å²) in [6, 6.07) is 16.7. The number of aryl methyl sites for hydroxylation is 2. The molecule has 33 heavy (non-hydrogen) atoms. The van der Waals surface area contributed by atoms with Gasteiger partial charge in [-0.3, -0.25) is 9.69 Å². The lowest BCUT2D eigenvalue weighted by atomic mass is 10.1. The van der Waals surface area contributed by atoms with Gasteiger partial charge in [0.15, 0.2) is 5.17 Å². The average molecular weight is 460 g/mol. The Labute approximate surface area is 197 Å². The van der Waals surface area contributed by atoms with Crippen LogP contribution >= 0.6 is 11.8 Å². The number of hydrogen-bond donors (Lipinski definition) is 1. The van der Waals surface area contributed by atoms with Crippen LogP contribution in [0, 0.1) is 13.8 Å². The molecule has 0 saturated carbocycles. The zero-order chi connectivity index (χ0) is 23.7. The Balaban J connectivity index is 1.66. The second-order valence-corrected chi connectivity index (χ2v) is 8.87. The van der Waals surface area contributed by atoms with Crippen LogP contribution in [-0.4, -0.2) is 38.7 Å². The number of carbonyl (C=O) groups is 2. The number of carboxylic acid groups (broad SMARTS) is 1. The normalized spacial score (nSPS) is 16.2. The Bertz CT molecular complexity index is 1300. The number of amides is 1. The lowest BCUT2D eigenvalue weighted by molar-refractivity contribution is -0.121. The molecule has 168 valence electrons. The van der Waals surface area contributed by atoms with Gasteiger partial charge in [0.25, 0.3) is 5.91 Å². The first-order chi connectivity index (χ1) is 15.8. The van der Waals surface area contributed by atoms with Crippen LogP contribution < -0.4 is 0 Å². The van der Waals surface area contributed by atoms with Crippen LogP contribution in [0.4, 0.5) is 5.69 Å². The Hall–Kier alpha value is -3.58. The molecule has 0 bridgehead atoms. The van der Waals surface area contributed by atoms with E-state index < -0.39 is 5.97 Å². The van der Waals surface area contributed by atoms with Crippen LogP contribution in [0.1, 0.15) is 39.8 Å². The first-order valence-electron chi connectivity index (χ1n) is 10.7. The van der Waals surface area contributed by atoms with Crippen LogP contribution in [0.2, 0.25) is 0 Å². The van der Waals surface area contributed by atoms with Crippen LogP contribution in [0.15, 0.2) is 64.5 Å². The van der Waals surface area contributed by atoms with E-state index in [1.54, 1.807) is 19.2 Å². The molecule has 6 nitrogen and oxygen atoms in total. The lowest BCUT2D eigenvalue weighted by Crippen LogP contribution is -2.23. The first kappa shape index (κ1) is 22.6. The van der Waals surface area contributed by atoms with Crippen molar-refractivity contribution >= 4 is 40.6 Å². The Morgan fingerprint density at radius 1 is 1.12 bits per heavy atom. The third kappa shape index (κ3) is 4.36. The molecular formula is C26H25N3O3S. The number of nitrogens with zero attached hydrogens (tertiary/aromatic N) is 3. The Morgan fingerprint density at radius 2 is 1.82 bits per heavy atom. The summed E-state index contributed by atoms with van der Waals surface area (Å²) in [6.07, 6.45) is 2.86. The quantitative estimate of drug-likeness (QED) is 0.505. The zero-order valence-electron chi connectivity index (χ0n) is 19.0. The maximum atomic E-state index is 12.9. The van der Waals surface area contributed by atoms with E-state index in [0.29, 0.717) is 15.8 Å². The molecule has 1 aromatic heterocycles. The topological polar surface area (TPSA) is 74.9 Å². The minimum atomic E-state index is -0.985. The standard InChI is InChI=1S/C26H25N3O3S/c1-5-18-8-6-7-9-22(18)29-16(2)14-20(17(29)3)15-23-24(30)28(4)26(33-23)27-21-12-10-19(11-13-21)25(31)32/h6-15H,5H2,1-4H3,(H,31,32)/b23-15-,27-26?. The number of aliphatic imine (C=N–C) groups is 1. The van der Waals surface area contributed by atoms with Gasteiger partial charge in [-0.1, -0.05) is 25.1 Å². The van der Waals surface area contributed by atoms with Gasteiger partial charge >= 0.3 is 5.97 Å². The molecule has 1 aliphatic rings. The number of carboxylic acids is 1. The van der Waals surface area contributed by atoms with Gasteiger partial charge in [0, 0.05) is 24.1 Å². The number of benzene rings is 2. The van der Waals surface area contributed by atoms with Crippen LogP contribution in [0.25, 0.3) is 11.8 Å². The maximum absolute atomic E-state index is 12.9. The molecule has 2 aromatic carbocycles. The molecule has 7 heteroatoms. The van der Waals surface area contributed by atoms with E-state index in [0.717, 1.165) is 29.1 Å². The molecule has 4 rings (SSSR count). The summed E-state index contributed by atoms with van der Waals surface area (Å²) in [7, 11) is 1.70. The number of thioether (sulfide) groups is 1. The summed E-state index contributed by atoms with van der Waals surface area (Å²) >= 11 is 1.32. The summed E-state index contributed by atoms with van der Waals surface area (Å²) in [5.41, 5.74) is 6.40. The van der Waals surface area contributed by atoms with E-state index in [4.69, 9.17) is 5.11 Å². The van der Waals surface area contributed by atoms with Gasteiger partial charge in [0.2, 0.25) is 0 Å². The fourth-order valence-electron chi connectivity index (χ4n) is 3.91. The largest absolute Gasteiger partial charge is 0.478 e. The minimum Gasteiger partial charge on any atom is -0.478 e. The number of carbonyl (C=O) groups excluding carboxylic acids is 1. The van der Waals surface area contributed by atoms with Crippen molar-refractivity contribution < 1.29 is 14.7 Å². The molecule has 2 heterocycles. The van der Waals surface area contributed by atoms with Crippen molar-refractivity contribution in [2.75, 3.05) is 7.05 Å². The van der Waals surface area contributed by atoms with Crippen LogP contribution in [-0.2, 0) is 11.2 Å². The van der Waals surface area contributed by atoms with Crippen molar-refractivity contribution in [3.63, 3.8) is 0 Å². The third-order valence-corrected chi connectivity index (χ3v) is 6.77. The monoisotopic (exact) mass is 459 g/mol. The predicted molar refractivity (Wildman–Crippen MR) is 133 cm³/mol. The number of aromatic nitrogens is 1. The van der Waals surface area contributed by atoms with E-state index in [9.17, 15) is 9.59 Å². The van der Waals surface area contributed by atoms with Crippen LogP contribution in [0.5, 0.6) is 0 Å². The van der Waals surface area contributed by atoms with E-state index in [1.807, 2.05) is 12.1 Å². The SMILES string of the molecule is CCc1ccccc1-n1c(C)cc(/C=C2\SC(=Nc3ccc(C(=O)O)cc3)N(C)C2=O)c1C. The smallest absolute Gasteiger partial charge is 0.335 e. The highest BCUT2D eigenvalue weighted by Crippen LogP contribution is 2.34. The Morgan fingerprint density at radius 3 is 2.48 bits per heavy atom. The molecule has 0 aliphatic carbocycles. The highest BCUT2D eigenvalue weighted by Gasteiger charge is 2.30. The molecular weight excluding hydrogens is 434 g/mol. The van der Waals surface area contributed by atoms with Crippen LogP contribution in [0.3, 0.4) is 0 Å². The minimum absolute atomic E-state index is 0.111. The predicted octanol–water partition coefficient (Wildman–Crippen LogP) is 5.59. The van der Waals surface area contributed by atoms with Gasteiger partial charge in [0.05, 0.1) is 16.2 Å². The van der Waals surface area contributed by atoms with Crippen molar-refractivity contribution in [1.29, 1.82) is 0 Å². The highest BCUT2D eigenvalue weighted by molar-refractivity contribution is 8.18.